The summed E-state index contributed by atoms with van der Waals surface area (Å²) in [4.78, 5) is 0. The van der Waals surface area contributed by atoms with Crippen molar-refractivity contribution in [3.05, 3.63) is 158 Å². The normalized spacial score (nSPS) is 12.0. The molecule has 9 rings (SSSR count). The van der Waals surface area contributed by atoms with Gasteiger partial charge in [0.2, 0.25) is 0 Å². The van der Waals surface area contributed by atoms with E-state index in [1.165, 1.54) is 54.6 Å². The summed E-state index contributed by atoms with van der Waals surface area (Å²) in [6.07, 6.45) is 0. The predicted molar refractivity (Wildman–Crippen MR) is 183 cm³/mol. The number of benzene rings is 8. The van der Waals surface area contributed by atoms with Crippen molar-refractivity contribution in [2.75, 3.05) is 0 Å². The fourth-order valence-electron chi connectivity index (χ4n) is 6.86. The van der Waals surface area contributed by atoms with Gasteiger partial charge in [0, 0.05) is 10.8 Å². The van der Waals surface area contributed by atoms with Crippen LogP contribution >= 0.6 is 0 Å². The molecule has 0 aliphatic rings. The van der Waals surface area contributed by atoms with Gasteiger partial charge in [0.15, 0.2) is 0 Å². The molecule has 1 heterocycles. The molecule has 0 fully saturated rings. The summed E-state index contributed by atoms with van der Waals surface area (Å²) in [6, 6.07) is 54.0. The minimum atomic E-state index is 0.524. The highest BCUT2D eigenvalue weighted by Gasteiger charge is 2.20. The van der Waals surface area contributed by atoms with Crippen LogP contribution in [0.5, 0.6) is 0 Å². The second-order valence-corrected chi connectivity index (χ2v) is 11.2. The lowest BCUT2D eigenvalue weighted by molar-refractivity contribution is 0.669. The number of hydrogen-bond donors (Lipinski definition) is 0. The van der Waals surface area contributed by atoms with E-state index in [1.807, 2.05) is 24.3 Å². The average molecular weight is 548 g/mol. The quantitative estimate of drug-likeness (QED) is 0.201. The first-order chi connectivity index (χ1) is 21.7. The van der Waals surface area contributed by atoms with Crippen molar-refractivity contribution < 1.29 is 5.79 Å². The Morgan fingerprint density at radius 3 is 1.63 bits per heavy atom. The van der Waals surface area contributed by atoms with Gasteiger partial charge in [-0.2, -0.15) is 0 Å². The molecule has 0 radical (unpaired) electrons. The number of rotatable bonds is 3. The third-order valence-electron chi connectivity index (χ3n) is 8.79. The van der Waals surface area contributed by atoms with Crippen LogP contribution in [0.2, 0.25) is 0 Å². The van der Waals surface area contributed by atoms with Gasteiger partial charge in [-0.3, -0.25) is 0 Å². The van der Waals surface area contributed by atoms with Crippen molar-refractivity contribution >= 4 is 54.3 Å². The molecule has 0 saturated carbocycles. The zero-order valence-electron chi connectivity index (χ0n) is 24.3. The largest absolute Gasteiger partial charge is 0.456 e. The van der Waals surface area contributed by atoms with Crippen molar-refractivity contribution in [3.8, 4) is 33.4 Å². The topological polar surface area (TPSA) is 13.1 Å². The molecule has 0 N–H and O–H groups in total. The molecule has 200 valence electrons. The van der Waals surface area contributed by atoms with Crippen LogP contribution in [0, 0.1) is 0 Å². The van der Waals surface area contributed by atoms with Crippen LogP contribution in [0.25, 0.3) is 87.6 Å². The van der Waals surface area contributed by atoms with E-state index in [1.54, 1.807) is 0 Å². The second-order valence-electron chi connectivity index (χ2n) is 11.2. The highest BCUT2D eigenvalue weighted by atomic mass is 16.3. The van der Waals surface area contributed by atoms with E-state index in [2.05, 4.69) is 127 Å². The van der Waals surface area contributed by atoms with Crippen LogP contribution in [0.1, 0.15) is 1.37 Å². The Bertz CT molecular complexity index is 2480. The van der Waals surface area contributed by atoms with Crippen molar-refractivity contribution in [1.29, 1.82) is 0 Å². The third-order valence-corrected chi connectivity index (χ3v) is 8.79. The molecule has 0 aliphatic carbocycles. The van der Waals surface area contributed by atoms with Crippen molar-refractivity contribution in [1.82, 2.24) is 0 Å². The lowest BCUT2D eigenvalue weighted by Gasteiger charge is -2.18. The van der Waals surface area contributed by atoms with E-state index >= 15 is 0 Å². The van der Waals surface area contributed by atoms with E-state index in [0.717, 1.165) is 33.1 Å². The number of fused-ring (bicyclic) bond motifs is 6. The van der Waals surface area contributed by atoms with Crippen LogP contribution in [-0.4, -0.2) is 0 Å². The molecule has 9 aromatic rings. The average Bonchev–Trinajstić information content (AvgIpc) is 3.44. The Morgan fingerprint density at radius 2 is 0.953 bits per heavy atom. The molecule has 0 atom stereocenters. The smallest absolute Gasteiger partial charge is 0.136 e. The summed E-state index contributed by atoms with van der Waals surface area (Å²) in [5, 5.41) is 9.57. The lowest BCUT2D eigenvalue weighted by Crippen LogP contribution is -1.91. The first kappa shape index (κ1) is 23.0. The summed E-state index contributed by atoms with van der Waals surface area (Å²) in [5.74, 6) is 0. The third kappa shape index (κ3) is 3.72. The van der Waals surface area contributed by atoms with Gasteiger partial charge in [-0.25, -0.2) is 0 Å². The van der Waals surface area contributed by atoms with Gasteiger partial charge in [-0.1, -0.05) is 140 Å². The summed E-state index contributed by atoms with van der Waals surface area (Å²) >= 11 is 0. The van der Waals surface area contributed by atoms with Gasteiger partial charge >= 0.3 is 0 Å². The Morgan fingerprint density at radius 1 is 0.395 bits per heavy atom. The molecule has 0 bridgehead atoms. The molecule has 8 aromatic carbocycles. The maximum absolute atomic E-state index is 7.84. The molecule has 0 saturated heterocycles. The zero-order chi connectivity index (χ0) is 29.2. The summed E-state index contributed by atoms with van der Waals surface area (Å²) in [7, 11) is 0. The Kier molecular flexibility index (Phi) is 5.04. The SMILES string of the molecule is [2H]c1ccc(-c2ccc(-c3c4ccccc4c(-c4cccc5oc6cc7ccccc7cc6c45)c4ccccc34)cc2)cc1. The molecule has 1 nitrogen and oxygen atoms in total. The van der Waals surface area contributed by atoms with Crippen molar-refractivity contribution in [2.45, 2.75) is 0 Å². The van der Waals surface area contributed by atoms with E-state index in [-0.39, 0.29) is 0 Å². The van der Waals surface area contributed by atoms with E-state index < -0.39 is 0 Å². The molecule has 0 unspecified atom stereocenters. The van der Waals surface area contributed by atoms with Gasteiger partial charge in [-0.05, 0) is 83.9 Å². The lowest BCUT2D eigenvalue weighted by atomic mass is 9.84. The van der Waals surface area contributed by atoms with Crippen molar-refractivity contribution in [3.63, 3.8) is 0 Å². The second kappa shape index (κ2) is 9.44. The molecule has 0 spiro atoms. The van der Waals surface area contributed by atoms with Crippen LogP contribution in [-0.2, 0) is 0 Å². The van der Waals surface area contributed by atoms with Crippen LogP contribution < -0.4 is 0 Å². The van der Waals surface area contributed by atoms with Gasteiger partial charge in [0.25, 0.3) is 0 Å². The fraction of sp³-hybridized carbons (Fsp3) is 0. The van der Waals surface area contributed by atoms with Gasteiger partial charge in [-0.15, -0.1) is 0 Å². The molecular weight excluding hydrogens is 520 g/mol. The Balaban J connectivity index is 1.33. The maximum Gasteiger partial charge on any atom is 0.136 e. The van der Waals surface area contributed by atoms with E-state index in [9.17, 15) is 0 Å². The monoisotopic (exact) mass is 547 g/mol. The summed E-state index contributed by atoms with van der Waals surface area (Å²) in [6.45, 7) is 0. The van der Waals surface area contributed by atoms with Gasteiger partial charge in [0.1, 0.15) is 11.2 Å². The molecule has 1 heteroatoms. The highest BCUT2D eigenvalue weighted by molar-refractivity contribution is 6.26. The standard InChI is InChI=1S/C42H26O/c1-2-11-27(12-3-1)28-21-23-29(24-22-28)40-32-15-6-8-17-34(32)41(35-18-9-7-16-33(35)40)36-19-10-20-38-42(36)37-25-30-13-4-5-14-31(30)26-39(37)43-38/h1-26H/i1D. The van der Waals surface area contributed by atoms with Crippen LogP contribution in [0.15, 0.2) is 162 Å². The number of hydrogen-bond acceptors (Lipinski definition) is 1. The highest BCUT2D eigenvalue weighted by Crippen LogP contribution is 2.47. The zero-order valence-corrected chi connectivity index (χ0v) is 23.3. The molecule has 0 aliphatic heterocycles. The molecule has 43 heavy (non-hydrogen) atoms. The summed E-state index contributed by atoms with van der Waals surface area (Å²) < 4.78 is 14.3. The first-order valence-corrected chi connectivity index (χ1v) is 14.7. The van der Waals surface area contributed by atoms with Crippen LogP contribution in [0.4, 0.5) is 0 Å². The molecule has 1 aromatic heterocycles. The minimum absolute atomic E-state index is 0.524. The van der Waals surface area contributed by atoms with Gasteiger partial charge < -0.3 is 4.42 Å². The Labute approximate surface area is 250 Å². The van der Waals surface area contributed by atoms with Gasteiger partial charge in [0.05, 0.1) is 1.37 Å². The molecular formula is C42H26O. The fourth-order valence-corrected chi connectivity index (χ4v) is 6.86. The minimum Gasteiger partial charge on any atom is -0.456 e. The maximum atomic E-state index is 7.84. The Hall–Kier alpha value is -5.66. The number of furan rings is 1. The summed E-state index contributed by atoms with van der Waals surface area (Å²) in [5.41, 5.74) is 8.91. The first-order valence-electron chi connectivity index (χ1n) is 15.2. The molecule has 0 amide bonds. The van der Waals surface area contributed by atoms with Crippen LogP contribution in [0.3, 0.4) is 0 Å². The van der Waals surface area contributed by atoms with Crippen molar-refractivity contribution in [2.24, 2.45) is 0 Å². The predicted octanol–water partition coefficient (Wildman–Crippen LogP) is 12.0. The van der Waals surface area contributed by atoms with E-state index in [4.69, 9.17) is 5.79 Å². The van der Waals surface area contributed by atoms with E-state index in [0.29, 0.717) is 6.04 Å².